The first-order valence-electron chi connectivity index (χ1n) is 8.62. The van der Waals surface area contributed by atoms with Gasteiger partial charge in [-0.1, -0.05) is 27.2 Å². The average Bonchev–Trinajstić information content (AvgIpc) is 2.54. The zero-order valence-corrected chi connectivity index (χ0v) is 14.6. The van der Waals surface area contributed by atoms with E-state index in [1.165, 1.54) is 18.2 Å². The number of hydrogen-bond acceptors (Lipinski definition) is 4. The van der Waals surface area contributed by atoms with Crippen LogP contribution in [0.3, 0.4) is 0 Å². The van der Waals surface area contributed by atoms with Crippen molar-refractivity contribution in [2.75, 3.05) is 6.54 Å². The molecule has 0 spiro atoms. The van der Waals surface area contributed by atoms with Crippen LogP contribution in [0.2, 0.25) is 0 Å². The molecule has 0 aliphatic heterocycles. The smallest absolute Gasteiger partial charge is 0.223 e. The van der Waals surface area contributed by atoms with Crippen molar-refractivity contribution in [3.8, 4) is 11.5 Å². The third-order valence-electron chi connectivity index (χ3n) is 5.08. The van der Waals surface area contributed by atoms with Gasteiger partial charge in [-0.05, 0) is 48.8 Å². The molecule has 1 aliphatic rings. The van der Waals surface area contributed by atoms with Gasteiger partial charge in [0.15, 0.2) is 17.3 Å². The number of phenolic OH excluding ortho intramolecular Hbond substituents is 2. The molecule has 1 aliphatic carbocycles. The summed E-state index contributed by atoms with van der Waals surface area (Å²) in [6.45, 7) is 6.36. The fourth-order valence-corrected chi connectivity index (χ4v) is 3.60. The van der Waals surface area contributed by atoms with Gasteiger partial charge in [-0.3, -0.25) is 9.59 Å². The maximum absolute atomic E-state index is 12.6. The number of Topliss-reactive ketones (excluding diaryl/α,β-unsaturated/α-hetero) is 1. The summed E-state index contributed by atoms with van der Waals surface area (Å²) in [7, 11) is 0. The zero-order valence-electron chi connectivity index (χ0n) is 14.6. The van der Waals surface area contributed by atoms with E-state index in [9.17, 15) is 19.8 Å². The van der Waals surface area contributed by atoms with Gasteiger partial charge in [0.25, 0.3) is 0 Å². The lowest BCUT2D eigenvalue weighted by Gasteiger charge is -2.36. The molecule has 132 valence electrons. The third-order valence-corrected chi connectivity index (χ3v) is 5.08. The molecule has 0 aromatic heterocycles. The quantitative estimate of drug-likeness (QED) is 0.571. The van der Waals surface area contributed by atoms with E-state index in [1.807, 2.05) is 0 Å². The molecular weight excluding hydrogens is 306 g/mol. The van der Waals surface area contributed by atoms with Gasteiger partial charge in [-0.2, -0.15) is 0 Å². The van der Waals surface area contributed by atoms with Crippen molar-refractivity contribution in [2.45, 2.75) is 40.0 Å². The topological polar surface area (TPSA) is 86.6 Å². The number of aromatic hydroxyl groups is 2. The number of benzene rings is 1. The van der Waals surface area contributed by atoms with Crippen molar-refractivity contribution in [2.24, 2.45) is 23.7 Å². The number of amides is 1. The number of carbonyl (C=O) groups excluding carboxylic acids is 2. The van der Waals surface area contributed by atoms with Crippen LogP contribution < -0.4 is 5.32 Å². The minimum Gasteiger partial charge on any atom is -0.504 e. The van der Waals surface area contributed by atoms with Crippen molar-refractivity contribution in [3.63, 3.8) is 0 Å². The summed E-state index contributed by atoms with van der Waals surface area (Å²) in [5.74, 6) is 0.321. The molecule has 1 aromatic rings. The van der Waals surface area contributed by atoms with Crippen molar-refractivity contribution >= 4 is 11.7 Å². The highest BCUT2D eigenvalue weighted by atomic mass is 16.3. The summed E-state index contributed by atoms with van der Waals surface area (Å²) < 4.78 is 0. The van der Waals surface area contributed by atoms with E-state index in [2.05, 4.69) is 26.1 Å². The molecule has 1 fully saturated rings. The largest absolute Gasteiger partial charge is 0.504 e. The minimum atomic E-state index is -0.340. The van der Waals surface area contributed by atoms with Gasteiger partial charge < -0.3 is 15.5 Å². The first kappa shape index (κ1) is 18.3. The number of hydrogen-bond donors (Lipinski definition) is 3. The van der Waals surface area contributed by atoms with Gasteiger partial charge in [0.05, 0.1) is 6.54 Å². The van der Waals surface area contributed by atoms with E-state index in [-0.39, 0.29) is 41.2 Å². The van der Waals surface area contributed by atoms with Gasteiger partial charge in [-0.25, -0.2) is 0 Å². The summed E-state index contributed by atoms with van der Waals surface area (Å²) >= 11 is 0. The zero-order chi connectivity index (χ0) is 17.9. The molecule has 0 heterocycles. The predicted octanol–water partition coefficient (Wildman–Crippen LogP) is 3.11. The first-order valence-corrected chi connectivity index (χ1v) is 8.62. The number of nitrogens with one attached hydrogen (secondary N) is 1. The molecule has 3 atom stereocenters. The Kier molecular flexibility index (Phi) is 5.86. The van der Waals surface area contributed by atoms with Crippen molar-refractivity contribution in [3.05, 3.63) is 23.8 Å². The van der Waals surface area contributed by atoms with Crippen LogP contribution in [0.4, 0.5) is 0 Å². The molecule has 24 heavy (non-hydrogen) atoms. The maximum Gasteiger partial charge on any atom is 0.223 e. The van der Waals surface area contributed by atoms with Crippen LogP contribution in [0, 0.1) is 23.7 Å². The maximum atomic E-state index is 12.6. The van der Waals surface area contributed by atoms with Crippen molar-refractivity contribution in [1.29, 1.82) is 0 Å². The van der Waals surface area contributed by atoms with Crippen LogP contribution in [0.15, 0.2) is 18.2 Å². The van der Waals surface area contributed by atoms with E-state index in [0.717, 1.165) is 19.3 Å². The van der Waals surface area contributed by atoms with E-state index in [0.29, 0.717) is 17.8 Å². The van der Waals surface area contributed by atoms with Gasteiger partial charge in [-0.15, -0.1) is 0 Å². The Morgan fingerprint density at radius 3 is 2.54 bits per heavy atom. The van der Waals surface area contributed by atoms with E-state index in [1.54, 1.807) is 0 Å². The van der Waals surface area contributed by atoms with Gasteiger partial charge >= 0.3 is 0 Å². The monoisotopic (exact) mass is 333 g/mol. The molecule has 0 bridgehead atoms. The molecule has 5 nitrogen and oxygen atoms in total. The standard InChI is InChI=1S/C19H27NO4/c1-11(2)14-6-4-12(3)8-15(14)19(24)20-10-18(23)13-5-7-16(21)17(22)9-13/h5,7,9,11-12,14-15,21-22H,4,6,8,10H2,1-3H3,(H,20,24)/t12-,14+,15-/m1/s1. The average molecular weight is 333 g/mol. The Balaban J connectivity index is 1.98. The molecule has 5 heteroatoms. The summed E-state index contributed by atoms with van der Waals surface area (Å²) in [4.78, 5) is 24.7. The Bertz CT molecular complexity index is 611. The Morgan fingerprint density at radius 1 is 1.21 bits per heavy atom. The van der Waals surface area contributed by atoms with Gasteiger partial charge in [0.1, 0.15) is 0 Å². The van der Waals surface area contributed by atoms with E-state index >= 15 is 0 Å². The van der Waals surface area contributed by atoms with Crippen LogP contribution >= 0.6 is 0 Å². The lowest BCUT2D eigenvalue weighted by Crippen LogP contribution is -2.41. The summed E-state index contributed by atoms with van der Waals surface area (Å²) in [6.07, 6.45) is 3.07. The number of carbonyl (C=O) groups is 2. The summed E-state index contributed by atoms with van der Waals surface area (Å²) in [6, 6.07) is 3.91. The molecule has 1 amide bonds. The Morgan fingerprint density at radius 2 is 1.92 bits per heavy atom. The highest BCUT2D eigenvalue weighted by molar-refractivity contribution is 6.00. The van der Waals surface area contributed by atoms with E-state index < -0.39 is 0 Å². The second-order valence-corrected chi connectivity index (χ2v) is 7.28. The Hall–Kier alpha value is -2.04. The van der Waals surface area contributed by atoms with Gasteiger partial charge in [0.2, 0.25) is 5.91 Å². The van der Waals surface area contributed by atoms with Crippen LogP contribution in [0.1, 0.15) is 50.4 Å². The fourth-order valence-electron chi connectivity index (χ4n) is 3.60. The second-order valence-electron chi connectivity index (χ2n) is 7.28. The van der Waals surface area contributed by atoms with Crippen LogP contribution in [0.5, 0.6) is 11.5 Å². The molecule has 0 radical (unpaired) electrons. The molecule has 3 N–H and O–H groups in total. The lowest BCUT2D eigenvalue weighted by atomic mass is 9.70. The second kappa shape index (κ2) is 7.69. The summed E-state index contributed by atoms with van der Waals surface area (Å²) in [5.41, 5.74) is 0.267. The molecule has 2 rings (SSSR count). The molecule has 1 saturated carbocycles. The SMILES string of the molecule is CC(C)[C@@H]1CC[C@@H](C)C[C@H]1C(=O)NCC(=O)c1ccc(O)c(O)c1. The van der Waals surface area contributed by atoms with E-state index in [4.69, 9.17) is 0 Å². The highest BCUT2D eigenvalue weighted by Crippen LogP contribution is 2.38. The molecule has 0 saturated heterocycles. The molecule has 0 unspecified atom stereocenters. The predicted molar refractivity (Wildman–Crippen MR) is 91.9 cm³/mol. The third kappa shape index (κ3) is 4.28. The first-order chi connectivity index (χ1) is 11.3. The Labute approximate surface area is 143 Å². The number of rotatable bonds is 5. The molecule has 1 aromatic carbocycles. The van der Waals surface area contributed by atoms with Crippen LogP contribution in [-0.2, 0) is 4.79 Å². The van der Waals surface area contributed by atoms with Crippen LogP contribution in [0.25, 0.3) is 0 Å². The number of phenols is 2. The normalized spacial score (nSPS) is 23.9. The summed E-state index contributed by atoms with van der Waals surface area (Å²) in [5, 5.41) is 21.5. The highest BCUT2D eigenvalue weighted by Gasteiger charge is 2.35. The van der Waals surface area contributed by atoms with Crippen molar-refractivity contribution < 1.29 is 19.8 Å². The minimum absolute atomic E-state index is 0.0465. The van der Waals surface area contributed by atoms with Gasteiger partial charge in [0, 0.05) is 11.5 Å². The number of ketones is 1. The lowest BCUT2D eigenvalue weighted by molar-refractivity contribution is -0.129. The molecular formula is C19H27NO4. The van der Waals surface area contributed by atoms with Crippen LogP contribution in [-0.4, -0.2) is 28.4 Å². The van der Waals surface area contributed by atoms with Crippen molar-refractivity contribution in [1.82, 2.24) is 5.32 Å². The fraction of sp³-hybridized carbons (Fsp3) is 0.579.